The van der Waals surface area contributed by atoms with Crippen molar-refractivity contribution in [3.8, 4) is 0 Å². The summed E-state index contributed by atoms with van der Waals surface area (Å²) in [6.07, 6.45) is -3.06. The fraction of sp³-hybridized carbons (Fsp3) is 0.875. The lowest BCUT2D eigenvalue weighted by atomic mass is 9.95. The van der Waals surface area contributed by atoms with Gasteiger partial charge in [0.05, 0.1) is 19.3 Å². The summed E-state index contributed by atoms with van der Waals surface area (Å²) in [5.41, 5.74) is 0. The van der Waals surface area contributed by atoms with Crippen LogP contribution in [-0.4, -0.2) is 63.6 Å². The molecule has 15 heavy (non-hydrogen) atoms. The van der Waals surface area contributed by atoms with Crippen LogP contribution in [0.4, 0.5) is 0 Å². The first-order valence-electron chi connectivity index (χ1n) is 4.51. The minimum Gasteiger partial charge on any atom is -0.391 e. The molecule has 1 heterocycles. The van der Waals surface area contributed by atoms with E-state index in [4.69, 9.17) is 9.84 Å². The Hall–Kier alpha value is -0.730. The number of carbonyl (C=O) groups excluding carboxylic acids is 1. The Bertz CT molecular complexity index is 247. The number of aliphatic hydroxyl groups is 4. The van der Waals surface area contributed by atoms with E-state index in [1.807, 2.05) is 0 Å². The van der Waals surface area contributed by atoms with Gasteiger partial charge < -0.3 is 30.5 Å². The summed E-state index contributed by atoms with van der Waals surface area (Å²) in [5.74, 6) is -2.56. The van der Waals surface area contributed by atoms with Crippen LogP contribution in [0.15, 0.2) is 0 Å². The number of amides is 1. The Balaban J connectivity index is 2.68. The van der Waals surface area contributed by atoms with Gasteiger partial charge in [0, 0.05) is 6.92 Å². The van der Waals surface area contributed by atoms with E-state index in [1.54, 1.807) is 0 Å². The molecule has 4 atom stereocenters. The summed E-state index contributed by atoms with van der Waals surface area (Å²) in [4.78, 5) is 10.7. The van der Waals surface area contributed by atoms with Crippen molar-refractivity contribution >= 4 is 5.91 Å². The maximum Gasteiger partial charge on any atom is 0.218 e. The van der Waals surface area contributed by atoms with Crippen LogP contribution in [0.25, 0.3) is 0 Å². The van der Waals surface area contributed by atoms with E-state index in [1.165, 1.54) is 6.92 Å². The zero-order valence-electron chi connectivity index (χ0n) is 8.25. The van der Waals surface area contributed by atoms with Gasteiger partial charge in [-0.25, -0.2) is 0 Å². The zero-order valence-corrected chi connectivity index (χ0v) is 8.25. The zero-order chi connectivity index (χ0) is 11.6. The van der Waals surface area contributed by atoms with Gasteiger partial charge in [0.1, 0.15) is 12.2 Å². The largest absolute Gasteiger partial charge is 0.391 e. The van der Waals surface area contributed by atoms with Crippen molar-refractivity contribution in [2.24, 2.45) is 0 Å². The van der Waals surface area contributed by atoms with Crippen LogP contribution in [-0.2, 0) is 9.53 Å². The smallest absolute Gasteiger partial charge is 0.218 e. The lowest BCUT2D eigenvalue weighted by molar-refractivity contribution is -0.317. The van der Waals surface area contributed by atoms with E-state index in [9.17, 15) is 20.1 Å². The van der Waals surface area contributed by atoms with E-state index < -0.39 is 30.6 Å². The lowest BCUT2D eigenvalue weighted by Crippen LogP contribution is -2.66. The quantitative estimate of drug-likeness (QED) is 0.337. The highest BCUT2D eigenvalue weighted by Crippen LogP contribution is 2.23. The summed E-state index contributed by atoms with van der Waals surface area (Å²) in [6, 6.07) is -0.802. The molecule has 1 saturated heterocycles. The summed E-state index contributed by atoms with van der Waals surface area (Å²) < 4.78 is 4.79. The monoisotopic (exact) mass is 221 g/mol. The second kappa shape index (κ2) is 4.42. The van der Waals surface area contributed by atoms with Crippen LogP contribution in [0.5, 0.6) is 0 Å². The third-order valence-corrected chi connectivity index (χ3v) is 2.33. The van der Waals surface area contributed by atoms with E-state index >= 15 is 0 Å². The average molecular weight is 221 g/mol. The fourth-order valence-electron chi connectivity index (χ4n) is 1.43. The first-order chi connectivity index (χ1) is 6.90. The number of hydrogen-bond donors (Lipinski definition) is 5. The molecule has 7 nitrogen and oxygen atoms in total. The molecule has 0 aliphatic carbocycles. The average Bonchev–Trinajstić information content (AvgIpc) is 2.19. The van der Waals surface area contributed by atoms with E-state index in [-0.39, 0.29) is 12.5 Å². The van der Waals surface area contributed by atoms with Gasteiger partial charge in [-0.3, -0.25) is 4.79 Å². The maximum absolute atomic E-state index is 10.7. The Morgan fingerprint density at radius 2 is 2.20 bits per heavy atom. The predicted octanol–water partition coefficient (Wildman–Crippen LogP) is -3.08. The van der Waals surface area contributed by atoms with Crippen molar-refractivity contribution in [2.45, 2.75) is 31.0 Å². The molecular weight excluding hydrogens is 206 g/mol. The van der Waals surface area contributed by atoms with Crippen molar-refractivity contribution in [3.63, 3.8) is 0 Å². The highest BCUT2D eigenvalue weighted by molar-refractivity contribution is 5.73. The second-order valence-corrected chi connectivity index (χ2v) is 3.56. The Kier molecular flexibility index (Phi) is 3.63. The molecule has 1 rings (SSSR count). The molecule has 1 aliphatic rings. The molecule has 1 fully saturated rings. The van der Waals surface area contributed by atoms with Gasteiger partial charge in [0.15, 0.2) is 0 Å². The normalized spacial score (nSPS) is 41.3. The molecule has 1 unspecified atom stereocenters. The molecule has 0 aromatic heterocycles. The molecular formula is C8H15NO6. The van der Waals surface area contributed by atoms with E-state index in [2.05, 4.69) is 5.32 Å². The number of nitrogens with one attached hydrogen (secondary N) is 1. The third-order valence-electron chi connectivity index (χ3n) is 2.33. The number of rotatable bonds is 2. The number of ether oxygens (including phenoxy) is 1. The molecule has 1 aliphatic heterocycles. The van der Waals surface area contributed by atoms with E-state index in [0.717, 1.165) is 0 Å². The molecule has 0 radical (unpaired) electrons. The number of aliphatic hydroxyl groups excluding tert-OH is 3. The molecule has 0 spiro atoms. The van der Waals surface area contributed by atoms with Gasteiger partial charge in [-0.2, -0.15) is 0 Å². The van der Waals surface area contributed by atoms with Gasteiger partial charge in [-0.05, 0) is 0 Å². The number of carbonyl (C=O) groups is 1. The molecule has 5 N–H and O–H groups in total. The lowest BCUT2D eigenvalue weighted by Gasteiger charge is -2.42. The fourth-order valence-corrected chi connectivity index (χ4v) is 1.43. The standard InChI is InChI=1S/C8H15NO6/c1-4(11)9-5-2-15-8(14,3-10)7(13)6(5)12/h5-7,10,12-14H,2-3H2,1H3,(H,9,11)/t5-,6+,7-,8?/m0/s1. The minimum absolute atomic E-state index is 0.186. The van der Waals surface area contributed by atoms with Gasteiger partial charge in [0.2, 0.25) is 11.7 Å². The van der Waals surface area contributed by atoms with Gasteiger partial charge >= 0.3 is 0 Å². The van der Waals surface area contributed by atoms with Crippen LogP contribution in [0.3, 0.4) is 0 Å². The van der Waals surface area contributed by atoms with Crippen molar-refractivity contribution in [2.75, 3.05) is 13.2 Å². The first-order valence-corrected chi connectivity index (χ1v) is 4.51. The van der Waals surface area contributed by atoms with Crippen LogP contribution in [0.1, 0.15) is 6.92 Å². The van der Waals surface area contributed by atoms with Crippen LogP contribution >= 0.6 is 0 Å². The van der Waals surface area contributed by atoms with Crippen LogP contribution in [0, 0.1) is 0 Å². The highest BCUT2D eigenvalue weighted by Gasteiger charge is 2.48. The minimum atomic E-state index is -2.17. The Morgan fingerprint density at radius 1 is 1.60 bits per heavy atom. The topological polar surface area (TPSA) is 119 Å². The molecule has 7 heteroatoms. The first kappa shape index (κ1) is 12.3. The summed E-state index contributed by atoms with van der Waals surface area (Å²) in [6.45, 7) is 0.235. The third kappa shape index (κ3) is 2.44. The van der Waals surface area contributed by atoms with Crippen LogP contribution < -0.4 is 5.32 Å². The maximum atomic E-state index is 10.7. The second-order valence-electron chi connectivity index (χ2n) is 3.56. The molecule has 88 valence electrons. The molecule has 1 amide bonds. The summed E-state index contributed by atoms with van der Waals surface area (Å²) >= 11 is 0. The van der Waals surface area contributed by atoms with Gasteiger partial charge in [0.25, 0.3) is 0 Å². The van der Waals surface area contributed by atoms with Crippen molar-refractivity contribution in [1.82, 2.24) is 5.32 Å². The molecule has 0 aromatic rings. The van der Waals surface area contributed by atoms with Crippen LogP contribution in [0.2, 0.25) is 0 Å². The molecule has 0 saturated carbocycles. The Morgan fingerprint density at radius 3 is 2.67 bits per heavy atom. The van der Waals surface area contributed by atoms with Gasteiger partial charge in [-0.1, -0.05) is 0 Å². The number of hydrogen-bond acceptors (Lipinski definition) is 6. The van der Waals surface area contributed by atoms with Gasteiger partial charge in [-0.15, -0.1) is 0 Å². The Labute approximate surface area is 86.3 Å². The van der Waals surface area contributed by atoms with Crippen molar-refractivity contribution in [3.05, 3.63) is 0 Å². The van der Waals surface area contributed by atoms with E-state index in [0.29, 0.717) is 0 Å². The predicted molar refractivity (Wildman–Crippen MR) is 47.6 cm³/mol. The summed E-state index contributed by atoms with van der Waals surface area (Å²) in [5, 5.41) is 39.6. The molecule has 0 aromatic carbocycles. The van der Waals surface area contributed by atoms with Crippen molar-refractivity contribution in [1.29, 1.82) is 0 Å². The SMILES string of the molecule is CC(=O)N[C@H]1COC(O)(CO)[C@@H](O)[C@@H]1O. The van der Waals surface area contributed by atoms with Crippen molar-refractivity contribution < 1.29 is 30.0 Å². The summed E-state index contributed by atoms with van der Waals surface area (Å²) in [7, 11) is 0. The highest BCUT2D eigenvalue weighted by atomic mass is 16.7. The molecule has 0 bridgehead atoms.